The first-order valence-corrected chi connectivity index (χ1v) is 10.8. The summed E-state index contributed by atoms with van der Waals surface area (Å²) in [6, 6.07) is 8.98. The summed E-state index contributed by atoms with van der Waals surface area (Å²) in [5.41, 5.74) is 2.45. The molecule has 9 heteroatoms. The van der Waals surface area contributed by atoms with E-state index in [1.165, 1.54) is 12.1 Å². The van der Waals surface area contributed by atoms with Crippen molar-refractivity contribution in [3.63, 3.8) is 0 Å². The molecule has 1 amide bonds. The number of hydrogen-bond donors (Lipinski definition) is 1. The standard InChI is InChI=1S/C20H23N3O5S/c1-13(2)20(24)22-9-8-15-5-6-17(10-16(15)12-22)21-29(27,28)19-11-18(23(25)26)7-4-14(19)3/h4-7,10-11,13,21H,8-9,12H2,1-3H3. The van der Waals surface area contributed by atoms with Crippen molar-refractivity contribution >= 4 is 27.3 Å². The number of sulfonamides is 1. The lowest BCUT2D eigenvalue weighted by molar-refractivity contribution is -0.385. The fourth-order valence-electron chi connectivity index (χ4n) is 3.38. The Hall–Kier alpha value is -2.94. The van der Waals surface area contributed by atoms with Crippen LogP contribution in [-0.4, -0.2) is 30.7 Å². The quantitative estimate of drug-likeness (QED) is 0.593. The van der Waals surface area contributed by atoms with Gasteiger partial charge in [0.1, 0.15) is 0 Å². The van der Waals surface area contributed by atoms with Gasteiger partial charge in [-0.1, -0.05) is 26.0 Å². The number of carbonyl (C=O) groups is 1. The molecule has 0 fully saturated rings. The molecule has 2 aromatic rings. The molecule has 0 radical (unpaired) electrons. The van der Waals surface area contributed by atoms with Crippen molar-refractivity contribution in [1.29, 1.82) is 0 Å². The first-order valence-electron chi connectivity index (χ1n) is 9.27. The fraction of sp³-hybridized carbons (Fsp3) is 0.350. The average Bonchev–Trinajstić information content (AvgIpc) is 2.66. The third-order valence-corrected chi connectivity index (χ3v) is 6.47. The van der Waals surface area contributed by atoms with E-state index in [1.54, 1.807) is 24.0 Å². The molecule has 0 bridgehead atoms. The topological polar surface area (TPSA) is 110 Å². The van der Waals surface area contributed by atoms with Crippen molar-refractivity contribution in [1.82, 2.24) is 4.90 Å². The normalized spacial score (nSPS) is 13.9. The first kappa shape index (κ1) is 20.8. The Bertz CT molecular complexity index is 1080. The number of nitro groups is 1. The maximum absolute atomic E-state index is 12.8. The van der Waals surface area contributed by atoms with E-state index < -0.39 is 14.9 Å². The smallest absolute Gasteiger partial charge is 0.270 e. The van der Waals surface area contributed by atoms with Crippen molar-refractivity contribution < 1.29 is 18.1 Å². The molecule has 0 atom stereocenters. The van der Waals surface area contributed by atoms with E-state index in [1.807, 2.05) is 19.9 Å². The van der Waals surface area contributed by atoms with Crippen LogP contribution in [0.1, 0.15) is 30.5 Å². The molecule has 29 heavy (non-hydrogen) atoms. The minimum absolute atomic E-state index is 0.0638. The highest BCUT2D eigenvalue weighted by molar-refractivity contribution is 7.92. The van der Waals surface area contributed by atoms with E-state index in [-0.39, 0.29) is 22.4 Å². The minimum atomic E-state index is -4.00. The summed E-state index contributed by atoms with van der Waals surface area (Å²) in [6.45, 7) is 6.35. The molecule has 1 aliphatic rings. The van der Waals surface area contributed by atoms with Gasteiger partial charge in [-0.25, -0.2) is 8.42 Å². The van der Waals surface area contributed by atoms with Gasteiger partial charge in [0.05, 0.1) is 9.82 Å². The second-order valence-electron chi connectivity index (χ2n) is 7.46. The molecule has 2 aromatic carbocycles. The molecule has 1 N–H and O–H groups in total. The summed E-state index contributed by atoms with van der Waals surface area (Å²) >= 11 is 0. The molecule has 0 saturated carbocycles. The SMILES string of the molecule is Cc1ccc([N+](=O)[O-])cc1S(=O)(=O)Nc1ccc2c(c1)CN(C(=O)C(C)C)CC2. The summed E-state index contributed by atoms with van der Waals surface area (Å²) < 4.78 is 28.2. The van der Waals surface area contributed by atoms with Crippen LogP contribution < -0.4 is 4.72 Å². The lowest BCUT2D eigenvalue weighted by atomic mass is 9.98. The maximum atomic E-state index is 12.8. The molecule has 1 aliphatic heterocycles. The third kappa shape index (κ3) is 4.40. The number of benzene rings is 2. The third-order valence-electron chi connectivity index (χ3n) is 4.95. The van der Waals surface area contributed by atoms with Crippen LogP contribution in [0, 0.1) is 23.0 Å². The summed E-state index contributed by atoms with van der Waals surface area (Å²) in [6.07, 6.45) is 0.713. The van der Waals surface area contributed by atoms with Crippen LogP contribution in [0.3, 0.4) is 0 Å². The van der Waals surface area contributed by atoms with Crippen LogP contribution in [0.5, 0.6) is 0 Å². The lowest BCUT2D eigenvalue weighted by Gasteiger charge is -2.30. The van der Waals surface area contributed by atoms with Crippen LogP contribution in [0.2, 0.25) is 0 Å². The zero-order chi connectivity index (χ0) is 21.3. The first-order chi connectivity index (χ1) is 13.6. The fourth-order valence-corrected chi connectivity index (χ4v) is 4.69. The Kier molecular flexibility index (Phi) is 5.61. The van der Waals surface area contributed by atoms with Crippen molar-refractivity contribution in [3.05, 3.63) is 63.2 Å². The summed E-state index contributed by atoms with van der Waals surface area (Å²) in [4.78, 5) is 24.3. The van der Waals surface area contributed by atoms with Crippen molar-refractivity contribution in [2.45, 2.75) is 38.6 Å². The number of aryl methyl sites for hydroxylation is 1. The number of nitrogens with zero attached hydrogens (tertiary/aromatic N) is 2. The van der Waals surface area contributed by atoms with E-state index >= 15 is 0 Å². The molecule has 154 valence electrons. The van der Waals surface area contributed by atoms with Crippen molar-refractivity contribution in [2.75, 3.05) is 11.3 Å². The Labute approximate surface area is 169 Å². The van der Waals surface area contributed by atoms with Crippen LogP contribution in [0.4, 0.5) is 11.4 Å². The van der Waals surface area contributed by atoms with Gasteiger partial charge in [-0.15, -0.1) is 0 Å². The van der Waals surface area contributed by atoms with Gasteiger partial charge in [0.2, 0.25) is 5.91 Å². The predicted molar refractivity (Wildman–Crippen MR) is 109 cm³/mol. The molecular formula is C20H23N3O5S. The Morgan fingerprint density at radius 3 is 2.55 bits per heavy atom. The van der Waals surface area contributed by atoms with Crippen LogP contribution in [-0.2, 0) is 27.8 Å². The highest BCUT2D eigenvalue weighted by Crippen LogP contribution is 2.27. The summed E-state index contributed by atoms with van der Waals surface area (Å²) in [5.74, 6) is -0.0380. The zero-order valence-corrected chi connectivity index (χ0v) is 17.3. The highest BCUT2D eigenvalue weighted by Gasteiger charge is 2.24. The molecule has 1 heterocycles. The maximum Gasteiger partial charge on any atom is 0.270 e. The number of rotatable bonds is 5. The molecule has 0 spiro atoms. The summed E-state index contributed by atoms with van der Waals surface area (Å²) in [7, 11) is -4.00. The molecular weight excluding hydrogens is 394 g/mol. The minimum Gasteiger partial charge on any atom is -0.338 e. The van der Waals surface area contributed by atoms with E-state index in [2.05, 4.69) is 4.72 Å². The van der Waals surface area contributed by atoms with Crippen LogP contribution in [0.15, 0.2) is 41.3 Å². The van der Waals surface area contributed by atoms with Gasteiger partial charge < -0.3 is 4.90 Å². The number of amides is 1. The molecule has 3 rings (SSSR count). The molecule has 0 unspecified atom stereocenters. The molecule has 0 aliphatic carbocycles. The Balaban J connectivity index is 1.88. The number of nitrogens with one attached hydrogen (secondary N) is 1. The number of carbonyl (C=O) groups excluding carboxylic acids is 1. The van der Waals surface area contributed by atoms with E-state index in [0.717, 1.165) is 17.2 Å². The average molecular weight is 417 g/mol. The predicted octanol–water partition coefficient (Wildman–Crippen LogP) is 3.24. The molecule has 0 saturated heterocycles. The van der Waals surface area contributed by atoms with Gasteiger partial charge in [-0.05, 0) is 42.2 Å². The summed E-state index contributed by atoms with van der Waals surface area (Å²) in [5, 5.41) is 11.0. The largest absolute Gasteiger partial charge is 0.338 e. The molecule has 8 nitrogen and oxygen atoms in total. The van der Waals surface area contributed by atoms with E-state index in [4.69, 9.17) is 0 Å². The van der Waals surface area contributed by atoms with Crippen LogP contribution >= 0.6 is 0 Å². The lowest BCUT2D eigenvalue weighted by Crippen LogP contribution is -2.38. The monoisotopic (exact) mass is 417 g/mol. The number of nitro benzene ring substituents is 1. The van der Waals surface area contributed by atoms with Crippen molar-refractivity contribution in [3.8, 4) is 0 Å². The zero-order valence-electron chi connectivity index (χ0n) is 16.5. The highest BCUT2D eigenvalue weighted by atomic mass is 32.2. The van der Waals surface area contributed by atoms with E-state index in [9.17, 15) is 23.3 Å². The number of anilines is 1. The van der Waals surface area contributed by atoms with E-state index in [0.29, 0.717) is 30.8 Å². The number of non-ortho nitro benzene ring substituents is 1. The molecule has 0 aromatic heterocycles. The van der Waals surface area contributed by atoms with Crippen molar-refractivity contribution in [2.24, 2.45) is 5.92 Å². The van der Waals surface area contributed by atoms with Gasteiger partial charge in [-0.3, -0.25) is 19.6 Å². The number of fused-ring (bicyclic) bond motifs is 1. The Morgan fingerprint density at radius 1 is 1.17 bits per heavy atom. The second-order valence-corrected chi connectivity index (χ2v) is 9.11. The van der Waals surface area contributed by atoms with Crippen LogP contribution in [0.25, 0.3) is 0 Å². The van der Waals surface area contributed by atoms with Gasteiger partial charge in [0.25, 0.3) is 15.7 Å². The Morgan fingerprint density at radius 2 is 1.90 bits per heavy atom. The van der Waals surface area contributed by atoms with Gasteiger partial charge in [0.15, 0.2) is 0 Å². The number of hydrogen-bond acceptors (Lipinski definition) is 5. The second kappa shape index (κ2) is 7.82. The van der Waals surface area contributed by atoms with Gasteiger partial charge in [-0.2, -0.15) is 0 Å². The van der Waals surface area contributed by atoms with Gasteiger partial charge in [0, 0.05) is 36.8 Å². The van der Waals surface area contributed by atoms with Gasteiger partial charge >= 0.3 is 0 Å².